The normalized spacial score (nSPS) is 11.1. The van der Waals surface area contributed by atoms with Gasteiger partial charge in [-0.3, -0.25) is 4.79 Å². The van der Waals surface area contributed by atoms with Crippen molar-refractivity contribution in [3.05, 3.63) is 12.2 Å². The summed E-state index contributed by atoms with van der Waals surface area (Å²) in [5.41, 5.74) is 0. The van der Waals surface area contributed by atoms with Crippen molar-refractivity contribution in [2.75, 3.05) is 19.0 Å². The molecule has 0 aliphatic heterocycles. The molecule has 0 aliphatic rings. The molecule has 0 radical (unpaired) electrons. The van der Waals surface area contributed by atoms with Crippen LogP contribution < -0.4 is 10.6 Å². The second-order valence-corrected chi connectivity index (χ2v) is 3.29. The van der Waals surface area contributed by atoms with E-state index in [9.17, 15) is 4.79 Å². The first-order chi connectivity index (χ1) is 6.16. The number of allylic oxidation sites excluding steroid dienone is 1. The van der Waals surface area contributed by atoms with Crippen molar-refractivity contribution in [2.45, 2.75) is 19.9 Å². The maximum absolute atomic E-state index is 11.1. The number of halogens is 1. The summed E-state index contributed by atoms with van der Waals surface area (Å²) in [6.45, 7) is 4.90. The first-order valence-electron chi connectivity index (χ1n) is 4.38. The van der Waals surface area contributed by atoms with Gasteiger partial charge in [0.1, 0.15) is 0 Å². The minimum absolute atomic E-state index is 0.0225. The molecule has 0 heterocycles. The van der Waals surface area contributed by atoms with E-state index in [1.807, 2.05) is 26.0 Å². The lowest BCUT2D eigenvalue weighted by Gasteiger charge is -2.07. The highest BCUT2D eigenvalue weighted by molar-refractivity contribution is 6.18. The molecular weight excluding hydrogens is 188 g/mol. The van der Waals surface area contributed by atoms with Crippen LogP contribution in [0.1, 0.15) is 13.8 Å². The molecular formula is C9H17ClN2O. The summed E-state index contributed by atoms with van der Waals surface area (Å²) in [5, 5.41) is 5.75. The van der Waals surface area contributed by atoms with Crippen LogP contribution >= 0.6 is 11.6 Å². The Balaban J connectivity index is 3.32. The Morgan fingerprint density at radius 1 is 1.46 bits per heavy atom. The lowest BCUT2D eigenvalue weighted by Crippen LogP contribution is -2.37. The van der Waals surface area contributed by atoms with Crippen molar-refractivity contribution in [3.8, 4) is 0 Å². The SMILES string of the molecule is CC(C)NC(=O)CNC/C=C/CCl. The molecule has 13 heavy (non-hydrogen) atoms. The van der Waals surface area contributed by atoms with Gasteiger partial charge >= 0.3 is 0 Å². The fourth-order valence-electron chi connectivity index (χ4n) is 0.788. The Kier molecular flexibility index (Phi) is 7.74. The minimum Gasteiger partial charge on any atom is -0.353 e. The number of nitrogens with one attached hydrogen (secondary N) is 2. The van der Waals surface area contributed by atoms with Crippen LogP contribution in [0.25, 0.3) is 0 Å². The van der Waals surface area contributed by atoms with Crippen LogP contribution in [-0.4, -0.2) is 30.9 Å². The first kappa shape index (κ1) is 12.5. The quantitative estimate of drug-likeness (QED) is 0.384. The lowest BCUT2D eigenvalue weighted by atomic mass is 10.4. The maximum Gasteiger partial charge on any atom is 0.234 e. The molecule has 0 bridgehead atoms. The highest BCUT2D eigenvalue weighted by Gasteiger charge is 2.00. The third-order valence-electron chi connectivity index (χ3n) is 1.25. The van der Waals surface area contributed by atoms with Gasteiger partial charge in [-0.25, -0.2) is 0 Å². The monoisotopic (exact) mass is 204 g/mol. The van der Waals surface area contributed by atoms with Gasteiger partial charge in [-0.05, 0) is 13.8 Å². The van der Waals surface area contributed by atoms with Crippen molar-refractivity contribution >= 4 is 17.5 Å². The van der Waals surface area contributed by atoms with E-state index >= 15 is 0 Å². The van der Waals surface area contributed by atoms with Crippen molar-refractivity contribution in [1.82, 2.24) is 10.6 Å². The predicted octanol–water partition coefficient (Wildman–Crippen LogP) is 0.896. The zero-order chi connectivity index (χ0) is 10.1. The second kappa shape index (κ2) is 8.08. The van der Waals surface area contributed by atoms with E-state index in [0.29, 0.717) is 19.0 Å². The Labute approximate surface area is 84.5 Å². The molecule has 0 unspecified atom stereocenters. The molecule has 0 aliphatic carbocycles. The predicted molar refractivity (Wildman–Crippen MR) is 56.0 cm³/mol. The Morgan fingerprint density at radius 2 is 2.15 bits per heavy atom. The van der Waals surface area contributed by atoms with Crippen LogP contribution in [0.5, 0.6) is 0 Å². The van der Waals surface area contributed by atoms with Gasteiger partial charge in [-0.2, -0.15) is 0 Å². The molecule has 1 amide bonds. The van der Waals surface area contributed by atoms with Gasteiger partial charge < -0.3 is 10.6 Å². The summed E-state index contributed by atoms with van der Waals surface area (Å²) in [6, 6.07) is 0.202. The third-order valence-corrected chi connectivity index (χ3v) is 1.43. The summed E-state index contributed by atoms with van der Waals surface area (Å²) in [6.07, 6.45) is 3.74. The smallest absolute Gasteiger partial charge is 0.234 e. The molecule has 2 N–H and O–H groups in total. The number of hydrogen-bond donors (Lipinski definition) is 2. The number of hydrogen-bond acceptors (Lipinski definition) is 2. The molecule has 4 heteroatoms. The zero-order valence-corrected chi connectivity index (χ0v) is 8.90. The standard InChI is InChI=1S/C9H17ClN2O/c1-8(2)12-9(13)7-11-6-4-3-5-10/h3-4,8,11H,5-7H2,1-2H3,(H,12,13)/b4-3+. The van der Waals surface area contributed by atoms with Crippen molar-refractivity contribution in [2.24, 2.45) is 0 Å². The van der Waals surface area contributed by atoms with E-state index in [4.69, 9.17) is 11.6 Å². The Bertz CT molecular complexity index is 169. The van der Waals surface area contributed by atoms with Crippen LogP contribution in [0.2, 0.25) is 0 Å². The molecule has 0 aromatic heterocycles. The van der Waals surface area contributed by atoms with E-state index in [1.54, 1.807) is 0 Å². The van der Waals surface area contributed by atoms with Gasteiger partial charge in [0.25, 0.3) is 0 Å². The van der Waals surface area contributed by atoms with Gasteiger partial charge in [-0.15, -0.1) is 11.6 Å². The maximum atomic E-state index is 11.1. The molecule has 76 valence electrons. The Morgan fingerprint density at radius 3 is 2.69 bits per heavy atom. The molecule has 0 saturated heterocycles. The van der Waals surface area contributed by atoms with Gasteiger partial charge in [0, 0.05) is 18.5 Å². The summed E-state index contributed by atoms with van der Waals surface area (Å²) in [4.78, 5) is 11.1. The fraction of sp³-hybridized carbons (Fsp3) is 0.667. The largest absolute Gasteiger partial charge is 0.353 e. The molecule has 0 fully saturated rings. The van der Waals surface area contributed by atoms with Crippen LogP contribution in [0.4, 0.5) is 0 Å². The number of carbonyl (C=O) groups is 1. The minimum atomic E-state index is 0.0225. The van der Waals surface area contributed by atoms with E-state index < -0.39 is 0 Å². The third kappa shape index (κ3) is 9.37. The Hall–Kier alpha value is -0.540. The average Bonchev–Trinajstić information content (AvgIpc) is 2.02. The summed E-state index contributed by atoms with van der Waals surface area (Å²) < 4.78 is 0. The second-order valence-electron chi connectivity index (χ2n) is 2.98. The molecule has 0 aromatic rings. The van der Waals surface area contributed by atoms with Gasteiger partial charge in [0.2, 0.25) is 5.91 Å². The topological polar surface area (TPSA) is 41.1 Å². The molecule has 0 rings (SSSR count). The van der Waals surface area contributed by atoms with Gasteiger partial charge in [0.05, 0.1) is 6.54 Å². The highest BCUT2D eigenvalue weighted by Crippen LogP contribution is 1.77. The fourth-order valence-corrected chi connectivity index (χ4v) is 0.914. The summed E-state index contributed by atoms with van der Waals surface area (Å²) >= 11 is 5.42. The molecule has 0 aromatic carbocycles. The lowest BCUT2D eigenvalue weighted by molar-refractivity contribution is -0.120. The number of amides is 1. The van der Waals surface area contributed by atoms with Gasteiger partial charge in [-0.1, -0.05) is 12.2 Å². The molecule has 0 saturated carbocycles. The van der Waals surface area contributed by atoms with Crippen LogP contribution in [0.15, 0.2) is 12.2 Å². The van der Waals surface area contributed by atoms with Crippen LogP contribution in [-0.2, 0) is 4.79 Å². The molecule has 3 nitrogen and oxygen atoms in total. The summed E-state index contributed by atoms with van der Waals surface area (Å²) in [5.74, 6) is 0.536. The van der Waals surface area contributed by atoms with Crippen LogP contribution in [0.3, 0.4) is 0 Å². The van der Waals surface area contributed by atoms with E-state index in [1.165, 1.54) is 0 Å². The van der Waals surface area contributed by atoms with Crippen LogP contribution in [0, 0.1) is 0 Å². The van der Waals surface area contributed by atoms with Crippen molar-refractivity contribution in [3.63, 3.8) is 0 Å². The highest BCUT2D eigenvalue weighted by atomic mass is 35.5. The number of carbonyl (C=O) groups excluding carboxylic acids is 1. The van der Waals surface area contributed by atoms with Crippen molar-refractivity contribution in [1.29, 1.82) is 0 Å². The summed E-state index contributed by atoms with van der Waals surface area (Å²) in [7, 11) is 0. The average molecular weight is 205 g/mol. The molecule has 0 spiro atoms. The molecule has 0 atom stereocenters. The van der Waals surface area contributed by atoms with Crippen molar-refractivity contribution < 1.29 is 4.79 Å². The van der Waals surface area contributed by atoms with E-state index in [-0.39, 0.29) is 11.9 Å². The first-order valence-corrected chi connectivity index (χ1v) is 4.91. The van der Waals surface area contributed by atoms with E-state index in [2.05, 4.69) is 10.6 Å². The number of alkyl halides is 1. The van der Waals surface area contributed by atoms with E-state index in [0.717, 1.165) is 0 Å². The zero-order valence-electron chi connectivity index (χ0n) is 8.14. The van der Waals surface area contributed by atoms with Gasteiger partial charge in [0.15, 0.2) is 0 Å². The number of rotatable bonds is 6.